The Balaban J connectivity index is 2.04. The molecule has 0 atom stereocenters. The molecule has 21 heavy (non-hydrogen) atoms. The van der Waals surface area contributed by atoms with Crippen molar-refractivity contribution < 1.29 is 14.6 Å². The van der Waals surface area contributed by atoms with Crippen LogP contribution in [0.3, 0.4) is 0 Å². The molecule has 0 aliphatic heterocycles. The maximum atomic E-state index is 10.4. The van der Waals surface area contributed by atoms with Crippen LogP contribution in [0.15, 0.2) is 29.7 Å². The van der Waals surface area contributed by atoms with E-state index in [9.17, 15) is 4.79 Å². The summed E-state index contributed by atoms with van der Waals surface area (Å²) in [5.74, 6) is -0.538. The number of hydrogen-bond acceptors (Lipinski definition) is 3. The summed E-state index contributed by atoms with van der Waals surface area (Å²) in [4.78, 5) is 11.4. The summed E-state index contributed by atoms with van der Waals surface area (Å²) in [6, 6.07) is 4.93. The third kappa shape index (κ3) is 4.64. The second kappa shape index (κ2) is 7.18. The molecule has 2 aromatic rings. The zero-order chi connectivity index (χ0) is 15.4. The van der Waals surface area contributed by atoms with E-state index in [0.29, 0.717) is 27.4 Å². The van der Waals surface area contributed by atoms with Gasteiger partial charge in [-0.1, -0.05) is 34.8 Å². The van der Waals surface area contributed by atoms with Gasteiger partial charge in [-0.05, 0) is 29.2 Å². The average Bonchev–Trinajstić information content (AvgIpc) is 2.87. The van der Waals surface area contributed by atoms with Crippen molar-refractivity contribution in [3.8, 4) is 5.75 Å². The lowest BCUT2D eigenvalue weighted by Crippen LogP contribution is -1.93. The normalized spacial score (nSPS) is 11.0. The zero-order valence-corrected chi connectivity index (χ0v) is 13.6. The summed E-state index contributed by atoms with van der Waals surface area (Å²) in [6.45, 7) is 0.309. The Bertz CT molecular complexity index is 695. The number of benzene rings is 1. The van der Waals surface area contributed by atoms with Crippen LogP contribution in [-0.4, -0.2) is 11.1 Å². The van der Waals surface area contributed by atoms with Gasteiger partial charge in [-0.25, -0.2) is 4.79 Å². The molecule has 0 bridgehead atoms. The van der Waals surface area contributed by atoms with Crippen LogP contribution in [0.25, 0.3) is 6.08 Å². The fourth-order valence-electron chi connectivity index (χ4n) is 1.49. The van der Waals surface area contributed by atoms with Gasteiger partial charge in [-0.3, -0.25) is 0 Å². The Kier molecular flexibility index (Phi) is 5.53. The van der Waals surface area contributed by atoms with E-state index in [1.54, 1.807) is 6.07 Å². The van der Waals surface area contributed by atoms with Crippen LogP contribution in [0.1, 0.15) is 10.4 Å². The highest BCUT2D eigenvalue weighted by Gasteiger charge is 2.08. The average molecular weight is 364 g/mol. The lowest BCUT2D eigenvalue weighted by molar-refractivity contribution is -0.131. The van der Waals surface area contributed by atoms with Crippen molar-refractivity contribution in [2.75, 3.05) is 0 Å². The highest BCUT2D eigenvalue weighted by atomic mass is 35.5. The third-order valence-corrected chi connectivity index (χ3v) is 4.38. The van der Waals surface area contributed by atoms with Crippen LogP contribution in [0.5, 0.6) is 5.75 Å². The maximum Gasteiger partial charge on any atom is 0.328 e. The van der Waals surface area contributed by atoms with Crippen molar-refractivity contribution in [3.05, 3.63) is 55.2 Å². The smallest absolute Gasteiger partial charge is 0.328 e. The molecule has 0 aliphatic rings. The molecule has 110 valence electrons. The number of rotatable bonds is 5. The minimum atomic E-state index is -0.985. The predicted molar refractivity (Wildman–Crippen MR) is 86.8 cm³/mol. The molecule has 0 spiro atoms. The standard InChI is InChI=1S/C14H9Cl3O3S/c15-10-4-12(17)13(5-11(10)16)20-6-9-3-8(7-21-9)1-2-14(18)19/h1-5,7H,6H2,(H,18,19). The molecule has 3 nitrogen and oxygen atoms in total. The summed E-state index contributed by atoms with van der Waals surface area (Å²) in [6.07, 6.45) is 2.61. The lowest BCUT2D eigenvalue weighted by Gasteiger charge is -2.08. The van der Waals surface area contributed by atoms with Gasteiger partial charge >= 0.3 is 5.97 Å². The Morgan fingerprint density at radius 3 is 2.62 bits per heavy atom. The summed E-state index contributed by atoms with van der Waals surface area (Å²) in [5.41, 5.74) is 0.807. The van der Waals surface area contributed by atoms with Crippen LogP contribution >= 0.6 is 46.1 Å². The maximum absolute atomic E-state index is 10.4. The molecule has 1 aromatic carbocycles. The largest absolute Gasteiger partial charge is 0.486 e. The summed E-state index contributed by atoms with van der Waals surface area (Å²) in [5, 5.41) is 11.5. The van der Waals surface area contributed by atoms with Gasteiger partial charge in [0, 0.05) is 17.0 Å². The molecular formula is C14H9Cl3O3S. The van der Waals surface area contributed by atoms with Crippen LogP contribution in [0, 0.1) is 0 Å². The molecule has 2 rings (SSSR count). The van der Waals surface area contributed by atoms with Gasteiger partial charge in [0.2, 0.25) is 0 Å². The van der Waals surface area contributed by atoms with Crippen molar-refractivity contribution >= 4 is 58.2 Å². The molecule has 0 saturated heterocycles. The molecule has 0 amide bonds. The molecule has 0 unspecified atom stereocenters. The Hall–Kier alpha value is -1.20. The number of ether oxygens (including phenoxy) is 1. The van der Waals surface area contributed by atoms with Gasteiger partial charge in [0.15, 0.2) is 0 Å². The molecule has 0 aliphatic carbocycles. The van der Waals surface area contributed by atoms with E-state index in [4.69, 9.17) is 44.6 Å². The first-order valence-electron chi connectivity index (χ1n) is 5.71. The highest BCUT2D eigenvalue weighted by molar-refractivity contribution is 7.10. The van der Waals surface area contributed by atoms with Crippen LogP contribution in [-0.2, 0) is 11.4 Å². The fourth-order valence-corrected chi connectivity index (χ4v) is 2.85. The molecule has 0 saturated carbocycles. The number of halogens is 3. The van der Waals surface area contributed by atoms with Gasteiger partial charge in [0.05, 0.1) is 15.1 Å². The molecule has 0 radical (unpaired) electrons. The summed E-state index contributed by atoms with van der Waals surface area (Å²) >= 11 is 19.2. The van der Waals surface area contributed by atoms with E-state index >= 15 is 0 Å². The van der Waals surface area contributed by atoms with Crippen LogP contribution in [0.2, 0.25) is 15.1 Å². The van der Waals surface area contributed by atoms with E-state index in [1.165, 1.54) is 23.5 Å². The third-order valence-electron chi connectivity index (χ3n) is 2.44. The van der Waals surface area contributed by atoms with Gasteiger partial charge < -0.3 is 9.84 Å². The first-order chi connectivity index (χ1) is 9.95. The van der Waals surface area contributed by atoms with E-state index in [2.05, 4.69) is 0 Å². The summed E-state index contributed by atoms with van der Waals surface area (Å²) in [7, 11) is 0. The van der Waals surface area contributed by atoms with E-state index in [-0.39, 0.29) is 0 Å². The lowest BCUT2D eigenvalue weighted by atomic mass is 10.3. The Morgan fingerprint density at radius 2 is 1.90 bits per heavy atom. The molecular weight excluding hydrogens is 355 g/mol. The Labute approximate surface area is 140 Å². The monoisotopic (exact) mass is 362 g/mol. The number of carboxylic acids is 1. The van der Waals surface area contributed by atoms with Crippen molar-refractivity contribution in [2.24, 2.45) is 0 Å². The van der Waals surface area contributed by atoms with Gasteiger partial charge in [-0.2, -0.15) is 0 Å². The SMILES string of the molecule is O=C(O)C=Cc1csc(COc2cc(Cl)c(Cl)cc2Cl)c1. The van der Waals surface area contributed by atoms with Crippen LogP contribution < -0.4 is 4.74 Å². The summed E-state index contributed by atoms with van der Waals surface area (Å²) < 4.78 is 5.59. The topological polar surface area (TPSA) is 46.5 Å². The van der Waals surface area contributed by atoms with Crippen molar-refractivity contribution in [1.29, 1.82) is 0 Å². The molecule has 1 heterocycles. The zero-order valence-electron chi connectivity index (χ0n) is 10.5. The van der Waals surface area contributed by atoms with Crippen molar-refractivity contribution in [2.45, 2.75) is 6.61 Å². The molecule has 1 N–H and O–H groups in total. The number of hydrogen-bond donors (Lipinski definition) is 1. The fraction of sp³-hybridized carbons (Fsp3) is 0.0714. The molecule has 7 heteroatoms. The van der Waals surface area contributed by atoms with Crippen molar-refractivity contribution in [1.82, 2.24) is 0 Å². The number of thiophene rings is 1. The highest BCUT2D eigenvalue weighted by Crippen LogP contribution is 2.34. The molecule has 0 fully saturated rings. The minimum Gasteiger partial charge on any atom is -0.486 e. The van der Waals surface area contributed by atoms with Crippen LogP contribution in [0.4, 0.5) is 0 Å². The first kappa shape index (κ1) is 16.2. The predicted octanol–water partition coefficient (Wildman–Crippen LogP) is 5.39. The first-order valence-corrected chi connectivity index (χ1v) is 7.73. The van der Waals surface area contributed by atoms with Crippen molar-refractivity contribution in [3.63, 3.8) is 0 Å². The quantitative estimate of drug-likeness (QED) is 0.572. The van der Waals surface area contributed by atoms with Gasteiger partial charge in [-0.15, -0.1) is 11.3 Å². The Morgan fingerprint density at radius 1 is 1.19 bits per heavy atom. The molecule has 1 aromatic heterocycles. The second-order valence-corrected chi connectivity index (χ2v) is 6.22. The number of carboxylic acid groups (broad SMARTS) is 1. The van der Waals surface area contributed by atoms with E-state index in [1.807, 2.05) is 11.4 Å². The van der Waals surface area contributed by atoms with Gasteiger partial charge in [0.25, 0.3) is 0 Å². The van der Waals surface area contributed by atoms with E-state index < -0.39 is 5.97 Å². The van der Waals surface area contributed by atoms with Gasteiger partial charge in [0.1, 0.15) is 12.4 Å². The van der Waals surface area contributed by atoms with E-state index in [0.717, 1.165) is 16.5 Å². The number of carbonyl (C=O) groups is 1. The number of aliphatic carboxylic acids is 1. The minimum absolute atomic E-state index is 0.309. The second-order valence-electron chi connectivity index (χ2n) is 4.00.